The Kier molecular flexibility index (Phi) is 7.04. The number of halogens is 1. The van der Waals surface area contributed by atoms with Crippen LogP contribution < -0.4 is 9.62 Å². The summed E-state index contributed by atoms with van der Waals surface area (Å²) in [7, 11) is -2.53. The van der Waals surface area contributed by atoms with E-state index in [0.29, 0.717) is 18.0 Å². The Morgan fingerprint density at radius 2 is 1.71 bits per heavy atom. The molecule has 162 valence electrons. The summed E-state index contributed by atoms with van der Waals surface area (Å²) in [5.41, 5.74) is 2.68. The number of amides is 1. The molecule has 31 heavy (non-hydrogen) atoms. The Bertz CT molecular complexity index is 1150. The molecule has 8 heteroatoms. The molecule has 0 saturated heterocycles. The number of methoxy groups -OCH3 is 1. The van der Waals surface area contributed by atoms with Gasteiger partial charge < -0.3 is 10.1 Å². The maximum Gasteiger partial charge on any atom is 0.264 e. The van der Waals surface area contributed by atoms with Crippen molar-refractivity contribution in [1.82, 2.24) is 0 Å². The number of hydrogen-bond acceptors (Lipinski definition) is 4. The zero-order chi connectivity index (χ0) is 22.4. The fourth-order valence-corrected chi connectivity index (χ4v) is 4.42. The topological polar surface area (TPSA) is 75.7 Å². The Hall–Kier alpha value is -3.23. The first-order valence-corrected chi connectivity index (χ1v) is 11.0. The second-order valence-electron chi connectivity index (χ2n) is 6.98. The van der Waals surface area contributed by atoms with Crippen molar-refractivity contribution in [2.75, 3.05) is 23.3 Å². The molecule has 3 rings (SSSR count). The zero-order valence-electron chi connectivity index (χ0n) is 17.2. The quantitative estimate of drug-likeness (QED) is 0.570. The van der Waals surface area contributed by atoms with E-state index in [1.165, 1.54) is 12.1 Å². The van der Waals surface area contributed by atoms with E-state index in [9.17, 15) is 17.6 Å². The Morgan fingerprint density at radius 3 is 2.35 bits per heavy atom. The lowest BCUT2D eigenvalue weighted by atomic mass is 10.2. The van der Waals surface area contributed by atoms with Gasteiger partial charge in [0.25, 0.3) is 10.0 Å². The van der Waals surface area contributed by atoms with E-state index in [1.54, 1.807) is 49.6 Å². The molecule has 6 nitrogen and oxygen atoms in total. The summed E-state index contributed by atoms with van der Waals surface area (Å²) in [5.74, 6) is -1.06. The molecule has 0 aromatic heterocycles. The minimum absolute atomic E-state index is 0.107. The average Bonchev–Trinajstić information content (AvgIpc) is 2.73. The largest absolute Gasteiger partial charge is 0.380 e. The van der Waals surface area contributed by atoms with Gasteiger partial charge in [-0.2, -0.15) is 0 Å². The molecule has 1 N–H and O–H groups in total. The number of carbonyl (C=O) groups is 1. The molecule has 1 amide bonds. The molecule has 0 unspecified atom stereocenters. The van der Waals surface area contributed by atoms with Crippen molar-refractivity contribution < 1.29 is 22.3 Å². The number of sulfonamides is 1. The maximum atomic E-state index is 13.3. The van der Waals surface area contributed by atoms with Gasteiger partial charge in [-0.05, 0) is 61.0 Å². The number of ether oxygens (including phenoxy) is 1. The smallest absolute Gasteiger partial charge is 0.264 e. The van der Waals surface area contributed by atoms with Gasteiger partial charge >= 0.3 is 0 Å². The molecule has 0 radical (unpaired) electrons. The van der Waals surface area contributed by atoms with Crippen molar-refractivity contribution in [3.05, 3.63) is 89.7 Å². The van der Waals surface area contributed by atoms with Crippen LogP contribution in [0.25, 0.3) is 0 Å². The van der Waals surface area contributed by atoms with E-state index in [4.69, 9.17) is 4.74 Å². The molecule has 0 aliphatic heterocycles. The number of rotatable bonds is 8. The highest BCUT2D eigenvalue weighted by Gasteiger charge is 2.27. The second-order valence-corrected chi connectivity index (χ2v) is 8.85. The molecule has 3 aromatic rings. The molecule has 0 aliphatic carbocycles. The van der Waals surface area contributed by atoms with Gasteiger partial charge in [-0.1, -0.05) is 29.8 Å². The van der Waals surface area contributed by atoms with Gasteiger partial charge in [0, 0.05) is 12.8 Å². The predicted molar refractivity (Wildman–Crippen MR) is 118 cm³/mol. The van der Waals surface area contributed by atoms with Crippen LogP contribution in [0, 0.1) is 12.7 Å². The summed E-state index contributed by atoms with van der Waals surface area (Å²) in [5, 5.41) is 2.72. The summed E-state index contributed by atoms with van der Waals surface area (Å²) in [4.78, 5) is 12.6. The van der Waals surface area contributed by atoms with E-state index in [0.717, 1.165) is 27.6 Å². The van der Waals surface area contributed by atoms with Gasteiger partial charge in [0.2, 0.25) is 5.91 Å². The molecule has 0 saturated carbocycles. The molecule has 0 bridgehead atoms. The van der Waals surface area contributed by atoms with Gasteiger partial charge in [-0.25, -0.2) is 12.8 Å². The number of aryl methyl sites for hydroxylation is 1. The number of hydrogen-bond donors (Lipinski definition) is 1. The highest BCUT2D eigenvalue weighted by atomic mass is 32.2. The van der Waals surface area contributed by atoms with E-state index >= 15 is 0 Å². The fraction of sp³-hybridized carbons (Fsp3) is 0.174. The summed E-state index contributed by atoms with van der Waals surface area (Å²) in [6.45, 7) is 1.82. The summed E-state index contributed by atoms with van der Waals surface area (Å²) < 4.78 is 45.9. The molecule has 0 spiro atoms. The fourth-order valence-electron chi connectivity index (χ4n) is 3.00. The van der Waals surface area contributed by atoms with Crippen LogP contribution in [0.2, 0.25) is 0 Å². The average molecular weight is 443 g/mol. The molecule has 3 aromatic carbocycles. The molecular weight excluding hydrogens is 419 g/mol. The minimum Gasteiger partial charge on any atom is -0.380 e. The van der Waals surface area contributed by atoms with Crippen LogP contribution in [0.3, 0.4) is 0 Å². The Balaban J connectivity index is 1.90. The van der Waals surface area contributed by atoms with Crippen molar-refractivity contribution in [1.29, 1.82) is 0 Å². The Morgan fingerprint density at radius 1 is 1.03 bits per heavy atom. The van der Waals surface area contributed by atoms with Gasteiger partial charge in [-0.3, -0.25) is 9.10 Å². The summed E-state index contributed by atoms with van der Waals surface area (Å²) in [6.07, 6.45) is 0. The standard InChI is InChI=1S/C23H23FN2O4S/c1-17-6-10-21(11-7-17)26(31(28,29)22-12-8-19(24)9-13-22)15-23(27)25-20-5-3-4-18(14-20)16-30-2/h3-14H,15-16H2,1-2H3,(H,25,27). The van der Waals surface area contributed by atoms with Crippen molar-refractivity contribution in [2.45, 2.75) is 18.4 Å². The molecular formula is C23H23FN2O4S. The first-order valence-electron chi connectivity index (χ1n) is 9.52. The highest BCUT2D eigenvalue weighted by molar-refractivity contribution is 7.92. The van der Waals surface area contributed by atoms with Crippen molar-refractivity contribution in [3.8, 4) is 0 Å². The maximum absolute atomic E-state index is 13.3. The van der Waals surface area contributed by atoms with Crippen LogP contribution in [0.1, 0.15) is 11.1 Å². The van der Waals surface area contributed by atoms with Crippen molar-refractivity contribution >= 4 is 27.3 Å². The lowest BCUT2D eigenvalue weighted by Crippen LogP contribution is -2.38. The van der Waals surface area contributed by atoms with Gasteiger partial charge in [0.05, 0.1) is 17.2 Å². The number of nitrogens with zero attached hydrogens (tertiary/aromatic N) is 1. The van der Waals surface area contributed by atoms with Gasteiger partial charge in [0.1, 0.15) is 12.4 Å². The first kappa shape index (κ1) is 22.5. The highest BCUT2D eigenvalue weighted by Crippen LogP contribution is 2.24. The lowest BCUT2D eigenvalue weighted by molar-refractivity contribution is -0.114. The normalized spacial score (nSPS) is 11.2. The number of nitrogens with one attached hydrogen (secondary N) is 1. The molecule has 0 fully saturated rings. The third kappa shape index (κ3) is 5.68. The first-order chi connectivity index (χ1) is 14.8. The van der Waals surface area contributed by atoms with Gasteiger partial charge in [0.15, 0.2) is 0 Å². The van der Waals surface area contributed by atoms with Crippen LogP contribution in [0.5, 0.6) is 0 Å². The number of anilines is 2. The third-order valence-corrected chi connectivity index (χ3v) is 6.32. The van der Waals surface area contributed by atoms with Crippen molar-refractivity contribution in [3.63, 3.8) is 0 Å². The SMILES string of the molecule is COCc1cccc(NC(=O)CN(c2ccc(C)cc2)S(=O)(=O)c2ccc(F)cc2)c1. The van der Waals surface area contributed by atoms with Crippen LogP contribution in [-0.4, -0.2) is 28.0 Å². The molecule has 0 heterocycles. The number of benzene rings is 3. The van der Waals surface area contributed by atoms with Crippen LogP contribution in [-0.2, 0) is 26.2 Å². The Labute approximate surface area is 181 Å². The van der Waals surface area contributed by atoms with Crippen LogP contribution in [0.4, 0.5) is 15.8 Å². The van der Waals surface area contributed by atoms with E-state index in [1.807, 2.05) is 13.0 Å². The number of carbonyl (C=O) groups excluding carboxylic acids is 1. The summed E-state index contributed by atoms with van der Waals surface area (Å²) >= 11 is 0. The van der Waals surface area contributed by atoms with E-state index < -0.39 is 28.3 Å². The lowest BCUT2D eigenvalue weighted by Gasteiger charge is -2.24. The zero-order valence-corrected chi connectivity index (χ0v) is 18.0. The van der Waals surface area contributed by atoms with Crippen LogP contribution in [0.15, 0.2) is 77.7 Å². The van der Waals surface area contributed by atoms with Crippen molar-refractivity contribution in [2.24, 2.45) is 0 Å². The van der Waals surface area contributed by atoms with Crippen LogP contribution >= 0.6 is 0 Å². The second kappa shape index (κ2) is 9.72. The molecule has 0 aliphatic rings. The van der Waals surface area contributed by atoms with E-state index in [2.05, 4.69) is 5.32 Å². The molecule has 0 atom stereocenters. The predicted octanol–water partition coefficient (Wildman–Crippen LogP) is 4.11. The van der Waals surface area contributed by atoms with Gasteiger partial charge in [-0.15, -0.1) is 0 Å². The third-order valence-electron chi connectivity index (χ3n) is 4.53. The monoisotopic (exact) mass is 442 g/mol. The minimum atomic E-state index is -4.10. The summed E-state index contributed by atoms with van der Waals surface area (Å²) in [6, 6.07) is 18.4. The van der Waals surface area contributed by atoms with E-state index in [-0.39, 0.29) is 4.90 Å².